The van der Waals surface area contributed by atoms with Gasteiger partial charge in [0.05, 0.1) is 18.7 Å². The van der Waals surface area contributed by atoms with Crippen molar-refractivity contribution < 1.29 is 9.90 Å². The number of aromatic nitrogens is 1. The van der Waals surface area contributed by atoms with Gasteiger partial charge < -0.3 is 19.9 Å². The van der Waals surface area contributed by atoms with Gasteiger partial charge in [0.2, 0.25) is 0 Å². The van der Waals surface area contributed by atoms with Gasteiger partial charge in [-0.1, -0.05) is 13.3 Å². The third-order valence-electron chi connectivity index (χ3n) is 4.67. The fourth-order valence-corrected chi connectivity index (χ4v) is 3.57. The fourth-order valence-electron chi connectivity index (χ4n) is 3.57. The predicted molar refractivity (Wildman–Crippen MR) is 81.3 cm³/mol. The van der Waals surface area contributed by atoms with E-state index in [2.05, 4.69) is 16.8 Å². The van der Waals surface area contributed by atoms with Crippen LogP contribution in [0.2, 0.25) is 0 Å². The van der Waals surface area contributed by atoms with E-state index in [-0.39, 0.29) is 5.91 Å². The SMILES string of the molecule is CCCC1(O)CN(C(=O)c2cccn2C2CCNCC2)C1. The second kappa shape index (κ2) is 5.81. The normalized spacial score (nSPS) is 22.1. The smallest absolute Gasteiger partial charge is 0.270 e. The summed E-state index contributed by atoms with van der Waals surface area (Å²) in [6.45, 7) is 5.02. The van der Waals surface area contributed by atoms with Crippen molar-refractivity contribution in [1.29, 1.82) is 0 Å². The summed E-state index contributed by atoms with van der Waals surface area (Å²) in [5, 5.41) is 13.6. The fraction of sp³-hybridized carbons (Fsp3) is 0.688. The zero-order chi connectivity index (χ0) is 14.9. The molecule has 5 heteroatoms. The summed E-state index contributed by atoms with van der Waals surface area (Å²) in [5.74, 6) is 0.0549. The number of hydrogen-bond acceptors (Lipinski definition) is 3. The molecule has 0 radical (unpaired) electrons. The van der Waals surface area contributed by atoms with E-state index < -0.39 is 5.60 Å². The van der Waals surface area contributed by atoms with Gasteiger partial charge in [-0.2, -0.15) is 0 Å². The molecule has 116 valence electrons. The zero-order valence-electron chi connectivity index (χ0n) is 12.7. The quantitative estimate of drug-likeness (QED) is 0.881. The Morgan fingerprint density at radius 1 is 1.43 bits per heavy atom. The van der Waals surface area contributed by atoms with Crippen LogP contribution in [0.1, 0.15) is 49.1 Å². The molecule has 0 unspecified atom stereocenters. The van der Waals surface area contributed by atoms with Gasteiger partial charge in [0.1, 0.15) is 5.69 Å². The molecule has 1 amide bonds. The first-order chi connectivity index (χ1) is 10.1. The first kappa shape index (κ1) is 14.6. The largest absolute Gasteiger partial charge is 0.386 e. The molecular weight excluding hydrogens is 266 g/mol. The van der Waals surface area contributed by atoms with Crippen LogP contribution in [0.25, 0.3) is 0 Å². The van der Waals surface area contributed by atoms with E-state index in [1.54, 1.807) is 4.90 Å². The lowest BCUT2D eigenvalue weighted by molar-refractivity contribution is -0.0863. The van der Waals surface area contributed by atoms with E-state index in [0.717, 1.165) is 44.5 Å². The van der Waals surface area contributed by atoms with Crippen LogP contribution in [0.5, 0.6) is 0 Å². The van der Waals surface area contributed by atoms with Crippen LogP contribution in [-0.2, 0) is 0 Å². The number of amides is 1. The van der Waals surface area contributed by atoms with Crippen molar-refractivity contribution in [2.24, 2.45) is 0 Å². The van der Waals surface area contributed by atoms with E-state index >= 15 is 0 Å². The number of carbonyl (C=O) groups excluding carboxylic acids is 1. The Balaban J connectivity index is 1.68. The summed E-state index contributed by atoms with van der Waals surface area (Å²) in [6.07, 6.45) is 5.86. The van der Waals surface area contributed by atoms with E-state index in [4.69, 9.17) is 0 Å². The van der Waals surface area contributed by atoms with Gasteiger partial charge in [-0.05, 0) is 44.5 Å². The van der Waals surface area contributed by atoms with Crippen LogP contribution in [0.3, 0.4) is 0 Å². The van der Waals surface area contributed by atoms with E-state index in [9.17, 15) is 9.90 Å². The summed E-state index contributed by atoms with van der Waals surface area (Å²) in [6, 6.07) is 4.27. The average Bonchev–Trinajstić information content (AvgIpc) is 2.94. The molecule has 0 aliphatic carbocycles. The van der Waals surface area contributed by atoms with Crippen LogP contribution in [-0.4, -0.2) is 52.3 Å². The molecule has 0 aromatic carbocycles. The highest BCUT2D eigenvalue weighted by molar-refractivity contribution is 5.93. The maximum Gasteiger partial charge on any atom is 0.270 e. The summed E-state index contributed by atoms with van der Waals surface area (Å²) < 4.78 is 2.13. The standard InChI is InChI=1S/C16H25N3O2/c1-2-7-16(21)11-18(12-16)15(20)14-4-3-10-19(14)13-5-8-17-9-6-13/h3-4,10,13,17,21H,2,5-9,11-12H2,1H3. The number of piperidine rings is 1. The molecule has 21 heavy (non-hydrogen) atoms. The highest BCUT2D eigenvalue weighted by Crippen LogP contribution is 2.29. The highest BCUT2D eigenvalue weighted by atomic mass is 16.3. The monoisotopic (exact) mass is 291 g/mol. The highest BCUT2D eigenvalue weighted by Gasteiger charge is 2.43. The van der Waals surface area contributed by atoms with Crippen molar-refractivity contribution in [2.45, 2.75) is 44.2 Å². The summed E-state index contributed by atoms with van der Waals surface area (Å²) in [7, 11) is 0. The van der Waals surface area contributed by atoms with Gasteiger partial charge in [0.15, 0.2) is 0 Å². The number of aliphatic hydroxyl groups is 1. The van der Waals surface area contributed by atoms with Crippen LogP contribution in [0.15, 0.2) is 18.3 Å². The van der Waals surface area contributed by atoms with Gasteiger partial charge in [0, 0.05) is 12.2 Å². The van der Waals surface area contributed by atoms with Gasteiger partial charge in [-0.3, -0.25) is 4.79 Å². The minimum Gasteiger partial charge on any atom is -0.386 e. The maximum absolute atomic E-state index is 12.6. The molecule has 3 rings (SSSR count). The minimum atomic E-state index is -0.656. The Morgan fingerprint density at radius 2 is 2.14 bits per heavy atom. The van der Waals surface area contributed by atoms with E-state index in [1.807, 2.05) is 18.3 Å². The van der Waals surface area contributed by atoms with Crippen molar-refractivity contribution in [2.75, 3.05) is 26.2 Å². The van der Waals surface area contributed by atoms with Gasteiger partial charge in [-0.15, -0.1) is 0 Å². The molecule has 2 saturated heterocycles. The summed E-state index contributed by atoms with van der Waals surface area (Å²) in [5.41, 5.74) is 0.108. The number of hydrogen-bond donors (Lipinski definition) is 2. The Hall–Kier alpha value is -1.33. The molecule has 0 atom stereocenters. The molecule has 2 aliphatic rings. The van der Waals surface area contributed by atoms with Gasteiger partial charge >= 0.3 is 0 Å². The average molecular weight is 291 g/mol. The number of carbonyl (C=O) groups is 1. The number of rotatable bonds is 4. The van der Waals surface area contributed by atoms with Gasteiger partial charge in [-0.25, -0.2) is 0 Å². The molecule has 5 nitrogen and oxygen atoms in total. The molecule has 0 bridgehead atoms. The van der Waals surface area contributed by atoms with Crippen LogP contribution >= 0.6 is 0 Å². The third kappa shape index (κ3) is 2.85. The van der Waals surface area contributed by atoms with Crippen LogP contribution in [0.4, 0.5) is 0 Å². The molecule has 1 aromatic heterocycles. The summed E-state index contributed by atoms with van der Waals surface area (Å²) in [4.78, 5) is 14.4. The van der Waals surface area contributed by atoms with Crippen molar-refractivity contribution in [3.63, 3.8) is 0 Å². The Kier molecular flexibility index (Phi) is 4.04. The predicted octanol–water partition coefficient (Wildman–Crippen LogP) is 1.40. The Morgan fingerprint density at radius 3 is 2.81 bits per heavy atom. The second-order valence-corrected chi connectivity index (χ2v) is 6.42. The molecular formula is C16H25N3O2. The van der Waals surface area contributed by atoms with Gasteiger partial charge in [0.25, 0.3) is 5.91 Å². The molecule has 2 aliphatic heterocycles. The number of nitrogens with zero attached hydrogens (tertiary/aromatic N) is 2. The van der Waals surface area contributed by atoms with Crippen molar-refractivity contribution in [1.82, 2.24) is 14.8 Å². The molecule has 3 heterocycles. The van der Waals surface area contributed by atoms with Crippen LogP contribution < -0.4 is 5.32 Å². The first-order valence-corrected chi connectivity index (χ1v) is 8.02. The van der Waals surface area contributed by atoms with Crippen molar-refractivity contribution in [3.05, 3.63) is 24.0 Å². The van der Waals surface area contributed by atoms with Crippen molar-refractivity contribution in [3.8, 4) is 0 Å². The van der Waals surface area contributed by atoms with E-state index in [1.165, 1.54) is 0 Å². The zero-order valence-corrected chi connectivity index (χ0v) is 12.7. The Labute approximate surface area is 125 Å². The first-order valence-electron chi connectivity index (χ1n) is 8.02. The molecule has 1 aromatic rings. The Bertz CT molecular complexity index is 499. The topological polar surface area (TPSA) is 57.5 Å². The van der Waals surface area contributed by atoms with Crippen molar-refractivity contribution >= 4 is 5.91 Å². The molecule has 0 spiro atoms. The lowest BCUT2D eigenvalue weighted by Gasteiger charge is -2.46. The van der Waals surface area contributed by atoms with E-state index in [0.29, 0.717) is 19.1 Å². The number of likely N-dealkylation sites (tertiary alicyclic amines) is 1. The minimum absolute atomic E-state index is 0.0549. The number of β-amino-alcohol motifs (C(OH)–C–C–N with tert-alkyl or cyclic N) is 1. The third-order valence-corrected chi connectivity index (χ3v) is 4.67. The lowest BCUT2D eigenvalue weighted by atomic mass is 9.89. The lowest BCUT2D eigenvalue weighted by Crippen LogP contribution is -2.63. The maximum atomic E-state index is 12.6. The molecule has 2 fully saturated rings. The number of nitrogens with one attached hydrogen (secondary N) is 1. The van der Waals surface area contributed by atoms with Crippen LogP contribution in [0, 0.1) is 0 Å². The molecule has 0 saturated carbocycles. The second-order valence-electron chi connectivity index (χ2n) is 6.42. The summed E-state index contributed by atoms with van der Waals surface area (Å²) >= 11 is 0. The molecule has 2 N–H and O–H groups in total.